The number of benzene rings is 1. The second-order valence-electron chi connectivity index (χ2n) is 3.71. The molecule has 5 heteroatoms. The van der Waals surface area contributed by atoms with Gasteiger partial charge in [-0.15, -0.1) is 0 Å². The number of carbonyl (C=O) groups is 1. The van der Waals surface area contributed by atoms with Crippen LogP contribution in [0.25, 0.3) is 0 Å². The SMILES string of the molecule is CC(=O)Nc1ccn(Cc2ccccc2O)n1. The molecular weight excluding hydrogens is 218 g/mol. The fourth-order valence-electron chi connectivity index (χ4n) is 1.52. The van der Waals surface area contributed by atoms with Crippen LogP contribution in [0.5, 0.6) is 5.75 Å². The van der Waals surface area contributed by atoms with E-state index in [0.717, 1.165) is 5.56 Å². The average Bonchev–Trinajstić information content (AvgIpc) is 2.68. The van der Waals surface area contributed by atoms with Gasteiger partial charge in [-0.3, -0.25) is 9.48 Å². The lowest BCUT2D eigenvalue weighted by Gasteiger charge is -2.04. The molecule has 2 rings (SSSR count). The number of phenolic OH excluding ortho intramolecular Hbond substituents is 1. The standard InChI is InChI=1S/C12H13N3O2/c1-9(16)13-12-6-7-15(14-12)8-10-4-2-3-5-11(10)17/h2-7,17H,8H2,1H3,(H,13,14,16). The van der Waals surface area contributed by atoms with Gasteiger partial charge in [0, 0.05) is 24.8 Å². The molecule has 0 bridgehead atoms. The molecule has 2 N–H and O–H groups in total. The van der Waals surface area contributed by atoms with E-state index in [0.29, 0.717) is 12.4 Å². The van der Waals surface area contributed by atoms with Crippen molar-refractivity contribution in [3.05, 3.63) is 42.1 Å². The molecule has 1 aromatic heterocycles. The minimum atomic E-state index is -0.155. The molecule has 0 radical (unpaired) electrons. The fraction of sp³-hybridized carbons (Fsp3) is 0.167. The van der Waals surface area contributed by atoms with Crippen molar-refractivity contribution in [2.24, 2.45) is 0 Å². The Morgan fingerprint density at radius 2 is 2.18 bits per heavy atom. The van der Waals surface area contributed by atoms with E-state index in [1.54, 1.807) is 29.1 Å². The lowest BCUT2D eigenvalue weighted by atomic mass is 10.2. The number of para-hydroxylation sites is 1. The van der Waals surface area contributed by atoms with Crippen LogP contribution in [0.2, 0.25) is 0 Å². The number of nitrogens with zero attached hydrogens (tertiary/aromatic N) is 2. The normalized spacial score (nSPS) is 10.2. The van der Waals surface area contributed by atoms with Gasteiger partial charge >= 0.3 is 0 Å². The van der Waals surface area contributed by atoms with Crippen molar-refractivity contribution in [2.75, 3.05) is 5.32 Å². The summed E-state index contributed by atoms with van der Waals surface area (Å²) in [6.07, 6.45) is 1.75. The number of nitrogens with one attached hydrogen (secondary N) is 1. The Balaban J connectivity index is 2.12. The van der Waals surface area contributed by atoms with Crippen molar-refractivity contribution in [2.45, 2.75) is 13.5 Å². The van der Waals surface area contributed by atoms with E-state index in [9.17, 15) is 9.90 Å². The lowest BCUT2D eigenvalue weighted by molar-refractivity contribution is -0.114. The molecule has 88 valence electrons. The van der Waals surface area contributed by atoms with Crippen LogP contribution in [-0.2, 0) is 11.3 Å². The highest BCUT2D eigenvalue weighted by atomic mass is 16.3. The number of phenols is 1. The predicted molar refractivity (Wildman–Crippen MR) is 63.7 cm³/mol. The van der Waals surface area contributed by atoms with Crippen LogP contribution in [0.3, 0.4) is 0 Å². The van der Waals surface area contributed by atoms with Crippen LogP contribution in [0.4, 0.5) is 5.82 Å². The molecular formula is C12H13N3O2. The number of anilines is 1. The molecule has 0 atom stereocenters. The minimum absolute atomic E-state index is 0.155. The zero-order valence-corrected chi connectivity index (χ0v) is 9.42. The monoisotopic (exact) mass is 231 g/mol. The molecule has 0 aliphatic heterocycles. The van der Waals surface area contributed by atoms with Gasteiger partial charge in [0.05, 0.1) is 6.54 Å². The zero-order chi connectivity index (χ0) is 12.3. The van der Waals surface area contributed by atoms with Crippen molar-refractivity contribution in [1.82, 2.24) is 9.78 Å². The van der Waals surface area contributed by atoms with Crippen LogP contribution < -0.4 is 5.32 Å². The molecule has 0 spiro atoms. The van der Waals surface area contributed by atoms with Gasteiger partial charge in [-0.05, 0) is 6.07 Å². The summed E-state index contributed by atoms with van der Waals surface area (Å²) in [4.78, 5) is 10.8. The summed E-state index contributed by atoms with van der Waals surface area (Å²) >= 11 is 0. The topological polar surface area (TPSA) is 67.2 Å². The third-order valence-corrected chi connectivity index (χ3v) is 2.27. The Kier molecular flexibility index (Phi) is 3.09. The molecule has 17 heavy (non-hydrogen) atoms. The highest BCUT2D eigenvalue weighted by molar-refractivity contribution is 5.87. The Bertz CT molecular complexity index is 534. The van der Waals surface area contributed by atoms with Gasteiger partial charge in [0.1, 0.15) is 5.75 Å². The first-order valence-corrected chi connectivity index (χ1v) is 5.23. The van der Waals surface area contributed by atoms with E-state index in [1.807, 2.05) is 12.1 Å². The van der Waals surface area contributed by atoms with E-state index in [1.165, 1.54) is 6.92 Å². The minimum Gasteiger partial charge on any atom is -0.508 e. The molecule has 0 unspecified atom stereocenters. The number of hydrogen-bond donors (Lipinski definition) is 2. The molecule has 0 fully saturated rings. The van der Waals surface area contributed by atoms with Crippen molar-refractivity contribution >= 4 is 11.7 Å². The third kappa shape index (κ3) is 2.84. The third-order valence-electron chi connectivity index (χ3n) is 2.27. The Hall–Kier alpha value is -2.30. The predicted octanol–water partition coefficient (Wildman–Crippen LogP) is 1.60. The van der Waals surface area contributed by atoms with Crippen molar-refractivity contribution in [3.8, 4) is 5.75 Å². The zero-order valence-electron chi connectivity index (χ0n) is 9.42. The maximum atomic E-state index is 10.8. The lowest BCUT2D eigenvalue weighted by Crippen LogP contribution is -2.07. The molecule has 0 saturated carbocycles. The fourth-order valence-corrected chi connectivity index (χ4v) is 1.52. The highest BCUT2D eigenvalue weighted by Crippen LogP contribution is 2.16. The van der Waals surface area contributed by atoms with Gasteiger partial charge in [0.15, 0.2) is 5.82 Å². The summed E-state index contributed by atoms with van der Waals surface area (Å²) in [5.74, 6) is 0.592. The highest BCUT2D eigenvalue weighted by Gasteiger charge is 2.03. The maximum absolute atomic E-state index is 10.8. The Morgan fingerprint density at radius 1 is 1.41 bits per heavy atom. The molecule has 0 aliphatic rings. The largest absolute Gasteiger partial charge is 0.508 e. The molecule has 5 nitrogen and oxygen atoms in total. The summed E-state index contributed by atoms with van der Waals surface area (Å²) in [7, 11) is 0. The first-order valence-electron chi connectivity index (χ1n) is 5.23. The summed E-state index contributed by atoms with van der Waals surface area (Å²) < 4.78 is 1.65. The number of rotatable bonds is 3. The second-order valence-corrected chi connectivity index (χ2v) is 3.71. The summed E-state index contributed by atoms with van der Waals surface area (Å²) in [6, 6.07) is 8.79. The van der Waals surface area contributed by atoms with E-state index < -0.39 is 0 Å². The van der Waals surface area contributed by atoms with E-state index in [4.69, 9.17) is 0 Å². The van der Waals surface area contributed by atoms with Crippen LogP contribution >= 0.6 is 0 Å². The maximum Gasteiger partial charge on any atom is 0.222 e. The van der Waals surface area contributed by atoms with Gasteiger partial charge in [0.2, 0.25) is 5.91 Å². The van der Waals surface area contributed by atoms with E-state index >= 15 is 0 Å². The van der Waals surface area contributed by atoms with Gasteiger partial charge in [0.25, 0.3) is 0 Å². The first kappa shape index (κ1) is 11.2. The van der Waals surface area contributed by atoms with Crippen LogP contribution in [-0.4, -0.2) is 20.8 Å². The van der Waals surface area contributed by atoms with Crippen molar-refractivity contribution in [1.29, 1.82) is 0 Å². The van der Waals surface area contributed by atoms with Crippen molar-refractivity contribution < 1.29 is 9.90 Å². The summed E-state index contributed by atoms with van der Waals surface area (Å²) in [6.45, 7) is 1.90. The van der Waals surface area contributed by atoms with E-state index in [2.05, 4.69) is 10.4 Å². The van der Waals surface area contributed by atoms with Crippen LogP contribution in [0.15, 0.2) is 36.5 Å². The van der Waals surface area contributed by atoms with Crippen LogP contribution in [0.1, 0.15) is 12.5 Å². The number of aromatic hydroxyl groups is 1. The Morgan fingerprint density at radius 3 is 2.88 bits per heavy atom. The van der Waals surface area contributed by atoms with Gasteiger partial charge in [-0.2, -0.15) is 5.10 Å². The quantitative estimate of drug-likeness (QED) is 0.843. The van der Waals surface area contributed by atoms with Gasteiger partial charge in [-0.25, -0.2) is 0 Å². The molecule has 2 aromatic rings. The van der Waals surface area contributed by atoms with Gasteiger partial charge in [-0.1, -0.05) is 18.2 Å². The summed E-state index contributed by atoms with van der Waals surface area (Å²) in [5.41, 5.74) is 0.782. The molecule has 1 amide bonds. The van der Waals surface area contributed by atoms with Crippen molar-refractivity contribution in [3.63, 3.8) is 0 Å². The number of aromatic nitrogens is 2. The number of hydrogen-bond acceptors (Lipinski definition) is 3. The first-order chi connectivity index (χ1) is 8.15. The van der Waals surface area contributed by atoms with Crippen LogP contribution in [0, 0.1) is 0 Å². The molecule has 0 saturated heterocycles. The van der Waals surface area contributed by atoms with E-state index in [-0.39, 0.29) is 11.7 Å². The number of amides is 1. The second kappa shape index (κ2) is 4.69. The molecule has 0 aliphatic carbocycles. The molecule has 1 heterocycles. The average molecular weight is 231 g/mol. The smallest absolute Gasteiger partial charge is 0.222 e. The summed E-state index contributed by atoms with van der Waals surface area (Å²) in [5, 5.41) is 16.4. The Labute approximate surface area is 98.7 Å². The number of carbonyl (C=O) groups excluding carboxylic acids is 1. The van der Waals surface area contributed by atoms with Gasteiger partial charge < -0.3 is 10.4 Å². The molecule has 1 aromatic carbocycles.